The van der Waals surface area contributed by atoms with E-state index in [2.05, 4.69) is 11.9 Å². The standard InChI is InChI=1S/C11H19NO2/c1-4-14-11(13)10-9(8(2)3)6-5-7-12-10/h9-10,12H,2,4-7H2,1,3H3/t9-,10+/m0/s1. The van der Waals surface area contributed by atoms with Gasteiger partial charge in [0.2, 0.25) is 0 Å². The number of carbonyl (C=O) groups excluding carboxylic acids is 1. The molecule has 0 bridgehead atoms. The van der Waals surface area contributed by atoms with Crippen molar-refractivity contribution in [3.05, 3.63) is 12.2 Å². The van der Waals surface area contributed by atoms with Crippen LogP contribution in [-0.2, 0) is 9.53 Å². The number of rotatable bonds is 3. The van der Waals surface area contributed by atoms with E-state index in [4.69, 9.17) is 4.74 Å². The molecule has 0 radical (unpaired) electrons. The summed E-state index contributed by atoms with van der Waals surface area (Å²) in [4.78, 5) is 11.6. The smallest absolute Gasteiger partial charge is 0.323 e. The van der Waals surface area contributed by atoms with Gasteiger partial charge in [0.15, 0.2) is 0 Å². The summed E-state index contributed by atoms with van der Waals surface area (Å²) >= 11 is 0. The first-order chi connectivity index (χ1) is 6.66. The van der Waals surface area contributed by atoms with Crippen molar-refractivity contribution >= 4 is 5.97 Å². The van der Waals surface area contributed by atoms with Gasteiger partial charge in [0.25, 0.3) is 0 Å². The van der Waals surface area contributed by atoms with E-state index in [-0.39, 0.29) is 17.9 Å². The van der Waals surface area contributed by atoms with E-state index >= 15 is 0 Å². The molecule has 0 spiro atoms. The molecule has 3 heteroatoms. The lowest BCUT2D eigenvalue weighted by atomic mass is 9.86. The van der Waals surface area contributed by atoms with Crippen LogP contribution in [0.5, 0.6) is 0 Å². The number of esters is 1. The molecule has 1 aliphatic rings. The molecule has 1 fully saturated rings. The van der Waals surface area contributed by atoms with Crippen molar-refractivity contribution in [2.24, 2.45) is 5.92 Å². The van der Waals surface area contributed by atoms with E-state index in [1.165, 1.54) is 0 Å². The lowest BCUT2D eigenvalue weighted by Gasteiger charge is -2.31. The molecule has 0 saturated carbocycles. The summed E-state index contributed by atoms with van der Waals surface area (Å²) in [6.45, 7) is 9.07. The zero-order valence-corrected chi connectivity index (χ0v) is 9.01. The Bertz CT molecular complexity index is 225. The van der Waals surface area contributed by atoms with Gasteiger partial charge in [-0.1, -0.05) is 12.2 Å². The monoisotopic (exact) mass is 197 g/mol. The van der Waals surface area contributed by atoms with Crippen molar-refractivity contribution in [1.29, 1.82) is 0 Å². The molecule has 80 valence electrons. The van der Waals surface area contributed by atoms with Crippen LogP contribution in [0.25, 0.3) is 0 Å². The predicted octanol–water partition coefficient (Wildman–Crippen LogP) is 1.49. The predicted molar refractivity (Wildman–Crippen MR) is 56.0 cm³/mol. The SMILES string of the molecule is C=C(C)[C@@H]1CCCN[C@H]1C(=O)OCC. The fourth-order valence-corrected chi connectivity index (χ4v) is 1.90. The number of piperidine rings is 1. The third kappa shape index (κ3) is 2.58. The minimum atomic E-state index is -0.179. The number of nitrogens with one attached hydrogen (secondary N) is 1. The molecule has 0 aromatic carbocycles. The van der Waals surface area contributed by atoms with Crippen LogP contribution < -0.4 is 5.32 Å². The van der Waals surface area contributed by atoms with Gasteiger partial charge < -0.3 is 10.1 Å². The van der Waals surface area contributed by atoms with Crippen molar-refractivity contribution in [3.63, 3.8) is 0 Å². The van der Waals surface area contributed by atoms with Crippen LogP contribution in [0.1, 0.15) is 26.7 Å². The second-order valence-electron chi connectivity index (χ2n) is 3.78. The molecule has 3 nitrogen and oxygen atoms in total. The molecule has 0 aromatic rings. The van der Waals surface area contributed by atoms with Crippen molar-refractivity contribution < 1.29 is 9.53 Å². The summed E-state index contributed by atoms with van der Waals surface area (Å²) in [5, 5.41) is 3.20. The van der Waals surface area contributed by atoms with Gasteiger partial charge >= 0.3 is 5.97 Å². The summed E-state index contributed by atoms with van der Waals surface area (Å²) in [5.41, 5.74) is 1.07. The van der Waals surface area contributed by atoms with E-state index in [0.717, 1.165) is 25.0 Å². The largest absolute Gasteiger partial charge is 0.465 e. The molecular formula is C11H19NO2. The second-order valence-corrected chi connectivity index (χ2v) is 3.78. The molecular weight excluding hydrogens is 178 g/mol. The van der Waals surface area contributed by atoms with Crippen LogP contribution in [0.2, 0.25) is 0 Å². The molecule has 0 amide bonds. The van der Waals surface area contributed by atoms with Gasteiger partial charge in [0.05, 0.1) is 6.61 Å². The molecule has 1 N–H and O–H groups in total. The lowest BCUT2D eigenvalue weighted by molar-refractivity contribution is -0.147. The molecule has 1 heterocycles. The first-order valence-electron chi connectivity index (χ1n) is 5.22. The Morgan fingerprint density at radius 1 is 1.64 bits per heavy atom. The minimum absolute atomic E-state index is 0.139. The van der Waals surface area contributed by atoms with Gasteiger partial charge in [0, 0.05) is 5.92 Å². The van der Waals surface area contributed by atoms with E-state index in [9.17, 15) is 4.79 Å². The normalized spacial score (nSPS) is 27.0. The van der Waals surface area contributed by atoms with E-state index < -0.39 is 0 Å². The third-order valence-corrected chi connectivity index (χ3v) is 2.63. The highest BCUT2D eigenvalue weighted by molar-refractivity contribution is 5.76. The van der Waals surface area contributed by atoms with E-state index in [1.54, 1.807) is 0 Å². The Morgan fingerprint density at radius 2 is 2.36 bits per heavy atom. The zero-order chi connectivity index (χ0) is 10.6. The maximum atomic E-state index is 11.6. The average molecular weight is 197 g/mol. The Hall–Kier alpha value is -0.830. The number of hydrogen-bond donors (Lipinski definition) is 1. The van der Waals surface area contributed by atoms with Crippen molar-refractivity contribution in [2.75, 3.05) is 13.2 Å². The number of hydrogen-bond acceptors (Lipinski definition) is 3. The van der Waals surface area contributed by atoms with Gasteiger partial charge in [-0.2, -0.15) is 0 Å². The fraction of sp³-hybridized carbons (Fsp3) is 0.727. The first kappa shape index (κ1) is 11.2. The topological polar surface area (TPSA) is 38.3 Å². The molecule has 14 heavy (non-hydrogen) atoms. The minimum Gasteiger partial charge on any atom is -0.465 e. The Morgan fingerprint density at radius 3 is 2.93 bits per heavy atom. The van der Waals surface area contributed by atoms with E-state index in [1.807, 2.05) is 13.8 Å². The van der Waals surface area contributed by atoms with Gasteiger partial charge in [-0.05, 0) is 33.2 Å². The molecule has 2 atom stereocenters. The fourth-order valence-electron chi connectivity index (χ4n) is 1.90. The van der Waals surface area contributed by atoms with Crippen LogP contribution in [-0.4, -0.2) is 25.2 Å². The molecule has 0 aliphatic carbocycles. The highest BCUT2D eigenvalue weighted by Gasteiger charge is 2.31. The summed E-state index contributed by atoms with van der Waals surface area (Å²) in [5.74, 6) is 0.100. The third-order valence-electron chi connectivity index (χ3n) is 2.63. The Kier molecular flexibility index (Phi) is 4.14. The quantitative estimate of drug-likeness (QED) is 0.550. The maximum Gasteiger partial charge on any atom is 0.323 e. The molecule has 0 aromatic heterocycles. The number of carbonyl (C=O) groups is 1. The molecule has 1 rings (SSSR count). The van der Waals surface area contributed by atoms with Gasteiger partial charge in [-0.3, -0.25) is 4.79 Å². The Labute approximate surface area is 85.5 Å². The van der Waals surface area contributed by atoms with Crippen LogP contribution in [0, 0.1) is 5.92 Å². The highest BCUT2D eigenvalue weighted by Crippen LogP contribution is 2.23. The van der Waals surface area contributed by atoms with Gasteiger partial charge in [-0.15, -0.1) is 0 Å². The van der Waals surface area contributed by atoms with Gasteiger partial charge in [-0.25, -0.2) is 0 Å². The van der Waals surface area contributed by atoms with Crippen molar-refractivity contribution in [1.82, 2.24) is 5.32 Å². The highest BCUT2D eigenvalue weighted by atomic mass is 16.5. The first-order valence-corrected chi connectivity index (χ1v) is 5.22. The summed E-state index contributed by atoms with van der Waals surface area (Å²) in [7, 11) is 0. The Balaban J connectivity index is 2.62. The zero-order valence-electron chi connectivity index (χ0n) is 9.01. The van der Waals surface area contributed by atoms with Crippen LogP contribution in [0.4, 0.5) is 0 Å². The summed E-state index contributed by atoms with van der Waals surface area (Å²) in [6.07, 6.45) is 2.14. The number of ether oxygens (including phenoxy) is 1. The van der Waals surface area contributed by atoms with Crippen molar-refractivity contribution in [2.45, 2.75) is 32.7 Å². The summed E-state index contributed by atoms with van der Waals surface area (Å²) < 4.78 is 5.02. The van der Waals surface area contributed by atoms with Crippen LogP contribution in [0.3, 0.4) is 0 Å². The van der Waals surface area contributed by atoms with Crippen molar-refractivity contribution in [3.8, 4) is 0 Å². The second kappa shape index (κ2) is 5.15. The van der Waals surface area contributed by atoms with Gasteiger partial charge in [0.1, 0.15) is 6.04 Å². The molecule has 1 saturated heterocycles. The maximum absolute atomic E-state index is 11.6. The molecule has 0 unspecified atom stereocenters. The molecule has 1 aliphatic heterocycles. The summed E-state index contributed by atoms with van der Waals surface area (Å²) in [6, 6.07) is -0.179. The van der Waals surface area contributed by atoms with E-state index in [0.29, 0.717) is 6.61 Å². The van der Waals surface area contributed by atoms with Crippen LogP contribution >= 0.6 is 0 Å². The average Bonchev–Trinajstić information content (AvgIpc) is 2.18. The lowest BCUT2D eigenvalue weighted by Crippen LogP contribution is -2.48. The van der Waals surface area contributed by atoms with Crippen LogP contribution in [0.15, 0.2) is 12.2 Å².